The number of aromatic nitrogens is 1. The van der Waals surface area contributed by atoms with Gasteiger partial charge < -0.3 is 9.88 Å². The molecule has 1 unspecified atom stereocenters. The molecule has 23 heavy (non-hydrogen) atoms. The number of hydrogen-bond donors (Lipinski definition) is 1. The second-order valence-electron chi connectivity index (χ2n) is 6.77. The summed E-state index contributed by atoms with van der Waals surface area (Å²) in [7, 11) is 0. The zero-order valence-corrected chi connectivity index (χ0v) is 14.4. The Kier molecular flexibility index (Phi) is 4.07. The summed E-state index contributed by atoms with van der Waals surface area (Å²) in [5.41, 5.74) is 2.37. The lowest BCUT2D eigenvalue weighted by Gasteiger charge is -2.23. The van der Waals surface area contributed by atoms with Gasteiger partial charge in [0, 0.05) is 40.3 Å². The lowest BCUT2D eigenvalue weighted by molar-refractivity contribution is -0.132. The van der Waals surface area contributed by atoms with Crippen molar-refractivity contribution in [3.05, 3.63) is 30.0 Å². The molecule has 0 spiro atoms. The number of likely N-dealkylation sites (tertiary alicyclic amines) is 1. The smallest absolute Gasteiger partial charge is 0.237 e. The maximum Gasteiger partial charge on any atom is 0.237 e. The van der Waals surface area contributed by atoms with Crippen molar-refractivity contribution in [3.63, 3.8) is 0 Å². The second kappa shape index (κ2) is 6.21. The molecular formula is C18H23N3OS. The summed E-state index contributed by atoms with van der Waals surface area (Å²) < 4.78 is 0. The van der Waals surface area contributed by atoms with Gasteiger partial charge in [0.2, 0.25) is 5.91 Å². The summed E-state index contributed by atoms with van der Waals surface area (Å²) in [5, 5.41) is 1.29. The van der Waals surface area contributed by atoms with Gasteiger partial charge in [-0.15, -0.1) is 11.8 Å². The Morgan fingerprint density at radius 2 is 2.22 bits per heavy atom. The molecule has 2 aliphatic rings. The highest BCUT2D eigenvalue weighted by Gasteiger charge is 2.26. The molecule has 4 rings (SSSR count). The normalized spacial score (nSPS) is 22.3. The molecule has 1 aromatic heterocycles. The quantitative estimate of drug-likeness (QED) is 0.921. The highest BCUT2D eigenvalue weighted by molar-refractivity contribution is 7.99. The van der Waals surface area contributed by atoms with E-state index in [1.54, 1.807) is 0 Å². The van der Waals surface area contributed by atoms with E-state index < -0.39 is 0 Å². The van der Waals surface area contributed by atoms with Crippen LogP contribution in [0.1, 0.15) is 19.0 Å². The SMILES string of the molecule is CC1CCN(CC(=O)N2CCSc3c([nH]c4ccccc34)C2)C1. The first-order chi connectivity index (χ1) is 11.2. The van der Waals surface area contributed by atoms with Gasteiger partial charge in [-0.05, 0) is 24.9 Å². The molecule has 122 valence electrons. The molecule has 3 heterocycles. The van der Waals surface area contributed by atoms with E-state index >= 15 is 0 Å². The Hall–Kier alpha value is -1.46. The fourth-order valence-corrected chi connectivity index (χ4v) is 4.79. The molecule has 0 bridgehead atoms. The number of aromatic amines is 1. The van der Waals surface area contributed by atoms with Crippen LogP contribution in [-0.4, -0.2) is 52.6 Å². The summed E-state index contributed by atoms with van der Waals surface area (Å²) in [4.78, 5) is 21.9. The molecule has 1 aromatic carbocycles. The van der Waals surface area contributed by atoms with Crippen molar-refractivity contribution in [3.8, 4) is 0 Å². The number of para-hydroxylation sites is 1. The molecule has 2 aliphatic heterocycles. The van der Waals surface area contributed by atoms with Crippen LogP contribution in [0.25, 0.3) is 10.9 Å². The topological polar surface area (TPSA) is 39.3 Å². The number of H-pyrrole nitrogens is 1. The lowest BCUT2D eigenvalue weighted by Crippen LogP contribution is -2.40. The van der Waals surface area contributed by atoms with Crippen molar-refractivity contribution >= 4 is 28.6 Å². The van der Waals surface area contributed by atoms with E-state index in [1.807, 2.05) is 16.7 Å². The predicted octanol–water partition coefficient (Wildman–Crippen LogP) is 2.94. The molecule has 0 aliphatic carbocycles. The van der Waals surface area contributed by atoms with E-state index in [0.717, 1.165) is 31.3 Å². The van der Waals surface area contributed by atoms with Crippen LogP contribution in [0.15, 0.2) is 29.2 Å². The number of nitrogens with one attached hydrogen (secondary N) is 1. The second-order valence-corrected chi connectivity index (χ2v) is 7.88. The number of rotatable bonds is 2. The van der Waals surface area contributed by atoms with Crippen LogP contribution < -0.4 is 0 Å². The average Bonchev–Trinajstić information content (AvgIpc) is 3.03. The zero-order chi connectivity index (χ0) is 15.8. The van der Waals surface area contributed by atoms with Crippen LogP contribution in [0.2, 0.25) is 0 Å². The Labute approximate surface area is 141 Å². The number of fused-ring (bicyclic) bond motifs is 3. The fraction of sp³-hybridized carbons (Fsp3) is 0.500. The summed E-state index contributed by atoms with van der Waals surface area (Å²) in [6, 6.07) is 8.42. The van der Waals surface area contributed by atoms with Gasteiger partial charge in [0.15, 0.2) is 0 Å². The molecule has 1 atom stereocenters. The molecule has 1 amide bonds. The average molecular weight is 329 g/mol. The van der Waals surface area contributed by atoms with Crippen LogP contribution in [0.3, 0.4) is 0 Å². The maximum atomic E-state index is 12.7. The molecule has 1 fully saturated rings. The van der Waals surface area contributed by atoms with Gasteiger partial charge in [0.1, 0.15) is 0 Å². The number of nitrogens with zero attached hydrogens (tertiary/aromatic N) is 2. The standard InChI is InChI=1S/C18H23N3OS/c1-13-6-7-20(10-13)12-17(22)21-8-9-23-18-14-4-2-3-5-15(14)19-16(18)11-21/h2-5,13,19H,6-12H2,1H3. The van der Waals surface area contributed by atoms with Crippen LogP contribution in [0.4, 0.5) is 0 Å². The van der Waals surface area contributed by atoms with E-state index in [0.29, 0.717) is 13.1 Å². The van der Waals surface area contributed by atoms with E-state index in [9.17, 15) is 4.79 Å². The fourth-order valence-electron chi connectivity index (χ4n) is 3.65. The Morgan fingerprint density at radius 3 is 3.04 bits per heavy atom. The monoisotopic (exact) mass is 329 g/mol. The van der Waals surface area contributed by atoms with Crippen molar-refractivity contribution in [2.24, 2.45) is 5.92 Å². The minimum absolute atomic E-state index is 0.270. The molecular weight excluding hydrogens is 306 g/mol. The van der Waals surface area contributed by atoms with Crippen molar-refractivity contribution in [1.29, 1.82) is 0 Å². The Bertz CT molecular complexity index is 726. The molecule has 5 heteroatoms. The first-order valence-corrected chi connectivity index (χ1v) is 9.42. The van der Waals surface area contributed by atoms with E-state index in [4.69, 9.17) is 0 Å². The summed E-state index contributed by atoms with van der Waals surface area (Å²) >= 11 is 1.87. The molecule has 1 N–H and O–H groups in total. The highest BCUT2D eigenvalue weighted by atomic mass is 32.2. The number of carbonyl (C=O) groups excluding carboxylic acids is 1. The third-order valence-electron chi connectivity index (χ3n) is 4.91. The summed E-state index contributed by atoms with van der Waals surface area (Å²) in [5.74, 6) is 1.96. The van der Waals surface area contributed by atoms with Gasteiger partial charge >= 0.3 is 0 Å². The van der Waals surface area contributed by atoms with E-state index in [1.165, 1.54) is 27.9 Å². The van der Waals surface area contributed by atoms with Gasteiger partial charge in [0.05, 0.1) is 13.1 Å². The van der Waals surface area contributed by atoms with Crippen LogP contribution in [0.5, 0.6) is 0 Å². The molecule has 0 radical (unpaired) electrons. The van der Waals surface area contributed by atoms with Gasteiger partial charge in [-0.2, -0.15) is 0 Å². The maximum absolute atomic E-state index is 12.7. The van der Waals surface area contributed by atoms with Gasteiger partial charge in [-0.1, -0.05) is 25.1 Å². The van der Waals surface area contributed by atoms with Crippen LogP contribution >= 0.6 is 11.8 Å². The van der Waals surface area contributed by atoms with Crippen LogP contribution in [0, 0.1) is 5.92 Å². The van der Waals surface area contributed by atoms with Crippen molar-refractivity contribution in [2.75, 3.05) is 31.9 Å². The Morgan fingerprint density at radius 1 is 1.35 bits per heavy atom. The number of thioether (sulfide) groups is 1. The van der Waals surface area contributed by atoms with Gasteiger partial charge in [-0.25, -0.2) is 0 Å². The minimum Gasteiger partial charge on any atom is -0.356 e. The molecule has 4 nitrogen and oxygen atoms in total. The number of hydrogen-bond acceptors (Lipinski definition) is 3. The minimum atomic E-state index is 0.270. The third-order valence-corrected chi connectivity index (χ3v) is 6.05. The van der Waals surface area contributed by atoms with E-state index in [2.05, 4.69) is 41.1 Å². The third kappa shape index (κ3) is 3.00. The zero-order valence-electron chi connectivity index (χ0n) is 13.5. The molecule has 0 saturated carbocycles. The molecule has 1 saturated heterocycles. The van der Waals surface area contributed by atoms with E-state index in [-0.39, 0.29) is 5.91 Å². The molecule has 2 aromatic rings. The lowest BCUT2D eigenvalue weighted by atomic mass is 10.2. The number of amides is 1. The number of carbonyl (C=O) groups is 1. The van der Waals surface area contributed by atoms with Crippen molar-refractivity contribution in [1.82, 2.24) is 14.8 Å². The summed E-state index contributed by atoms with van der Waals surface area (Å²) in [6.45, 7) is 6.51. The van der Waals surface area contributed by atoms with Gasteiger partial charge in [0.25, 0.3) is 0 Å². The van der Waals surface area contributed by atoms with Crippen molar-refractivity contribution < 1.29 is 4.79 Å². The largest absolute Gasteiger partial charge is 0.356 e. The Balaban J connectivity index is 1.51. The first-order valence-electron chi connectivity index (χ1n) is 8.43. The highest BCUT2D eigenvalue weighted by Crippen LogP contribution is 2.34. The first kappa shape index (κ1) is 15.1. The summed E-state index contributed by atoms with van der Waals surface area (Å²) in [6.07, 6.45) is 1.22. The number of benzene rings is 1. The van der Waals surface area contributed by atoms with Gasteiger partial charge in [-0.3, -0.25) is 9.69 Å². The van der Waals surface area contributed by atoms with Crippen LogP contribution in [-0.2, 0) is 11.3 Å². The predicted molar refractivity (Wildman–Crippen MR) is 94.7 cm³/mol. The van der Waals surface area contributed by atoms with Crippen molar-refractivity contribution in [2.45, 2.75) is 24.8 Å².